The molecular weight excluding hydrogens is 174 g/mol. The highest BCUT2D eigenvalue weighted by Gasteiger charge is 1.89. The summed E-state index contributed by atoms with van der Waals surface area (Å²) < 4.78 is 5.24. The van der Waals surface area contributed by atoms with Crippen molar-refractivity contribution in [2.45, 2.75) is 0 Å². The van der Waals surface area contributed by atoms with Crippen LogP contribution in [0.1, 0.15) is 0 Å². The summed E-state index contributed by atoms with van der Waals surface area (Å²) in [4.78, 5) is 0. The van der Waals surface area contributed by atoms with Crippen molar-refractivity contribution < 1.29 is 4.74 Å². The smallest absolute Gasteiger partial charge is 0.119 e. The van der Waals surface area contributed by atoms with E-state index >= 15 is 0 Å². The molecule has 1 rings (SSSR count). The minimum Gasteiger partial charge on any atom is -0.490 e. The van der Waals surface area contributed by atoms with Crippen molar-refractivity contribution in [3.8, 4) is 5.75 Å². The van der Waals surface area contributed by atoms with E-state index < -0.39 is 0 Å². The lowest BCUT2D eigenvalue weighted by atomic mass is 10.3. The molecule has 0 atom stereocenters. The van der Waals surface area contributed by atoms with Gasteiger partial charge in [-0.3, -0.25) is 0 Å². The second-order valence-electron chi connectivity index (χ2n) is 2.17. The summed E-state index contributed by atoms with van der Waals surface area (Å²) in [5.74, 6) is 0.819. The number of hydrogen-bond donors (Lipinski definition) is 1. The van der Waals surface area contributed by atoms with Crippen molar-refractivity contribution in [1.82, 2.24) is 0 Å². The lowest BCUT2D eigenvalue weighted by Gasteiger charge is -2.01. The van der Waals surface area contributed by atoms with Crippen LogP contribution in [0.3, 0.4) is 0 Å². The Balaban J connectivity index is 0.00000121. The van der Waals surface area contributed by atoms with Crippen molar-refractivity contribution in [2.75, 3.05) is 12.3 Å². The van der Waals surface area contributed by atoms with E-state index in [4.69, 9.17) is 10.5 Å². The zero-order valence-corrected chi connectivity index (χ0v) is 7.51. The number of nitrogen functional groups attached to an aromatic ring is 1. The quantitative estimate of drug-likeness (QED) is 0.579. The van der Waals surface area contributed by atoms with E-state index in [1.807, 2.05) is 12.1 Å². The van der Waals surface area contributed by atoms with Gasteiger partial charge in [0, 0.05) is 5.69 Å². The molecule has 0 saturated heterocycles. The lowest BCUT2D eigenvalue weighted by Crippen LogP contribution is -1.92. The van der Waals surface area contributed by atoms with E-state index in [2.05, 4.69) is 6.58 Å². The summed E-state index contributed by atoms with van der Waals surface area (Å²) in [7, 11) is 0. The molecule has 66 valence electrons. The first-order valence-electron chi connectivity index (χ1n) is 3.42. The minimum absolute atomic E-state index is 0. The van der Waals surface area contributed by atoms with E-state index in [9.17, 15) is 0 Å². The largest absolute Gasteiger partial charge is 0.490 e. The molecule has 0 aliphatic heterocycles. The molecule has 0 amide bonds. The lowest BCUT2D eigenvalue weighted by molar-refractivity contribution is 0.363. The number of halogens is 1. The molecular formula is C9H12ClNO. The van der Waals surface area contributed by atoms with Gasteiger partial charge in [0.2, 0.25) is 0 Å². The van der Waals surface area contributed by atoms with Crippen LogP contribution in [-0.4, -0.2) is 6.61 Å². The zero-order chi connectivity index (χ0) is 8.10. The fourth-order valence-corrected chi connectivity index (χ4v) is 0.719. The van der Waals surface area contributed by atoms with Gasteiger partial charge in [-0.25, -0.2) is 0 Å². The van der Waals surface area contributed by atoms with Gasteiger partial charge in [-0.2, -0.15) is 0 Å². The number of rotatable bonds is 3. The third-order valence-electron chi connectivity index (χ3n) is 1.25. The third-order valence-corrected chi connectivity index (χ3v) is 1.25. The Morgan fingerprint density at radius 3 is 2.42 bits per heavy atom. The number of benzene rings is 1. The van der Waals surface area contributed by atoms with Gasteiger partial charge in [0.25, 0.3) is 0 Å². The summed E-state index contributed by atoms with van der Waals surface area (Å²) in [5, 5.41) is 0. The second-order valence-corrected chi connectivity index (χ2v) is 2.17. The molecule has 0 bridgehead atoms. The van der Waals surface area contributed by atoms with E-state index in [1.165, 1.54) is 0 Å². The van der Waals surface area contributed by atoms with Crippen LogP contribution >= 0.6 is 12.4 Å². The van der Waals surface area contributed by atoms with Crippen LogP contribution in [0.5, 0.6) is 5.75 Å². The minimum atomic E-state index is 0. The van der Waals surface area contributed by atoms with Crippen molar-refractivity contribution >= 4 is 18.1 Å². The van der Waals surface area contributed by atoms with Gasteiger partial charge in [-0.05, 0) is 24.3 Å². The SMILES string of the molecule is C=CCOc1ccc(N)cc1.Cl. The van der Waals surface area contributed by atoms with E-state index in [-0.39, 0.29) is 12.4 Å². The molecule has 12 heavy (non-hydrogen) atoms. The predicted octanol–water partition coefficient (Wildman–Crippen LogP) is 2.26. The Kier molecular flexibility index (Phi) is 4.97. The molecule has 2 nitrogen and oxygen atoms in total. The molecule has 0 radical (unpaired) electrons. The average Bonchev–Trinajstić information content (AvgIpc) is 2.04. The van der Waals surface area contributed by atoms with Gasteiger partial charge in [0.15, 0.2) is 0 Å². The Bertz CT molecular complexity index is 233. The van der Waals surface area contributed by atoms with E-state index in [0.717, 1.165) is 11.4 Å². The number of hydrogen-bond acceptors (Lipinski definition) is 2. The van der Waals surface area contributed by atoms with Crippen LogP contribution in [0, 0.1) is 0 Å². The summed E-state index contributed by atoms with van der Waals surface area (Å²) in [6.45, 7) is 4.08. The molecule has 0 aliphatic rings. The Labute approximate surface area is 78.4 Å². The van der Waals surface area contributed by atoms with Crippen LogP contribution in [0.4, 0.5) is 5.69 Å². The highest BCUT2D eigenvalue weighted by Crippen LogP contribution is 2.12. The van der Waals surface area contributed by atoms with Crippen molar-refractivity contribution in [3.63, 3.8) is 0 Å². The number of ether oxygens (including phenoxy) is 1. The maximum atomic E-state index is 5.48. The molecule has 0 heterocycles. The average molecular weight is 186 g/mol. The first-order chi connectivity index (χ1) is 5.33. The topological polar surface area (TPSA) is 35.2 Å². The van der Waals surface area contributed by atoms with Crippen molar-refractivity contribution in [1.29, 1.82) is 0 Å². The van der Waals surface area contributed by atoms with Crippen molar-refractivity contribution in [3.05, 3.63) is 36.9 Å². The van der Waals surface area contributed by atoms with Gasteiger partial charge < -0.3 is 10.5 Å². The maximum absolute atomic E-state index is 5.48. The molecule has 1 aromatic carbocycles. The molecule has 3 heteroatoms. The number of nitrogens with two attached hydrogens (primary N) is 1. The molecule has 0 saturated carbocycles. The van der Waals surface area contributed by atoms with Crippen LogP contribution < -0.4 is 10.5 Å². The molecule has 1 aromatic rings. The Morgan fingerprint density at radius 1 is 1.33 bits per heavy atom. The summed E-state index contributed by atoms with van der Waals surface area (Å²) in [6, 6.07) is 7.27. The number of anilines is 1. The fraction of sp³-hybridized carbons (Fsp3) is 0.111. The van der Waals surface area contributed by atoms with Crippen LogP contribution in [0.15, 0.2) is 36.9 Å². The van der Waals surface area contributed by atoms with E-state index in [0.29, 0.717) is 6.61 Å². The molecule has 2 N–H and O–H groups in total. The van der Waals surface area contributed by atoms with Gasteiger partial charge in [0.1, 0.15) is 12.4 Å². The Morgan fingerprint density at radius 2 is 1.92 bits per heavy atom. The van der Waals surface area contributed by atoms with Gasteiger partial charge in [-0.15, -0.1) is 12.4 Å². The van der Waals surface area contributed by atoms with Gasteiger partial charge in [0.05, 0.1) is 0 Å². The second kappa shape index (κ2) is 5.49. The van der Waals surface area contributed by atoms with E-state index in [1.54, 1.807) is 18.2 Å². The summed E-state index contributed by atoms with van der Waals surface area (Å²) >= 11 is 0. The maximum Gasteiger partial charge on any atom is 0.119 e. The fourth-order valence-electron chi connectivity index (χ4n) is 0.719. The summed E-state index contributed by atoms with van der Waals surface area (Å²) in [6.07, 6.45) is 1.70. The van der Waals surface area contributed by atoms with Crippen LogP contribution in [-0.2, 0) is 0 Å². The van der Waals surface area contributed by atoms with Gasteiger partial charge in [-0.1, -0.05) is 12.7 Å². The zero-order valence-electron chi connectivity index (χ0n) is 6.69. The van der Waals surface area contributed by atoms with Gasteiger partial charge >= 0.3 is 0 Å². The van der Waals surface area contributed by atoms with Crippen molar-refractivity contribution in [2.24, 2.45) is 0 Å². The molecule has 0 aliphatic carbocycles. The highest BCUT2D eigenvalue weighted by atomic mass is 35.5. The molecule has 0 spiro atoms. The molecule has 0 unspecified atom stereocenters. The van der Waals surface area contributed by atoms with Crippen LogP contribution in [0.2, 0.25) is 0 Å². The molecule has 0 aromatic heterocycles. The standard InChI is InChI=1S/C9H11NO.ClH/c1-2-7-11-9-5-3-8(10)4-6-9;/h2-6H,1,7,10H2;1H. The summed E-state index contributed by atoms with van der Waals surface area (Å²) in [5.41, 5.74) is 6.23. The normalized spacial score (nSPS) is 8.33. The highest BCUT2D eigenvalue weighted by molar-refractivity contribution is 5.85. The monoisotopic (exact) mass is 185 g/mol. The first kappa shape index (κ1) is 10.8. The van der Waals surface area contributed by atoms with Crippen LogP contribution in [0.25, 0.3) is 0 Å². The molecule has 0 fully saturated rings. The first-order valence-corrected chi connectivity index (χ1v) is 3.42. The Hall–Kier alpha value is -1.15. The third kappa shape index (κ3) is 3.30. The predicted molar refractivity (Wildman–Crippen MR) is 53.8 cm³/mol.